The van der Waals surface area contributed by atoms with Crippen LogP contribution in [0.25, 0.3) is 0 Å². The highest BCUT2D eigenvalue weighted by Gasteiger charge is 2.19. The topological polar surface area (TPSA) is 72.2 Å². The number of aryl methyl sites for hydroxylation is 1. The number of nitrogens with one attached hydrogen (secondary N) is 1. The third-order valence-corrected chi connectivity index (χ3v) is 5.47. The highest BCUT2D eigenvalue weighted by molar-refractivity contribution is 9.10. The molecule has 0 aliphatic rings. The molecule has 2 aromatic rings. The molecule has 0 saturated carbocycles. The van der Waals surface area contributed by atoms with Crippen LogP contribution in [-0.4, -0.2) is 8.42 Å². The highest BCUT2D eigenvalue weighted by atomic mass is 79.9. The first-order chi connectivity index (χ1) is 8.92. The molecule has 1 heterocycles. The van der Waals surface area contributed by atoms with E-state index in [-0.39, 0.29) is 11.4 Å². The van der Waals surface area contributed by atoms with Gasteiger partial charge in [0, 0.05) is 15.9 Å². The summed E-state index contributed by atoms with van der Waals surface area (Å²) in [4.78, 5) is 0.900. The van der Waals surface area contributed by atoms with E-state index in [0.29, 0.717) is 10.6 Å². The second-order valence-electron chi connectivity index (χ2n) is 4.03. The Bertz CT molecular complexity index is 675. The second-order valence-corrected chi connectivity index (χ2v) is 7.60. The summed E-state index contributed by atoms with van der Waals surface area (Å²) in [5.74, 6) is 0. The summed E-state index contributed by atoms with van der Waals surface area (Å²) in [6.45, 7) is 2.11. The fourth-order valence-corrected chi connectivity index (χ4v) is 4.71. The van der Waals surface area contributed by atoms with Crippen LogP contribution in [0, 0.1) is 6.92 Å². The second kappa shape index (κ2) is 5.62. The molecule has 102 valence electrons. The average Bonchev–Trinajstić information content (AvgIpc) is 2.75. The van der Waals surface area contributed by atoms with Gasteiger partial charge in [-0.05, 0) is 42.1 Å². The van der Waals surface area contributed by atoms with Crippen LogP contribution in [0.15, 0.2) is 39.0 Å². The molecule has 4 nitrogen and oxygen atoms in total. The molecule has 0 aliphatic heterocycles. The molecular weight excluding hydrogens is 348 g/mol. The lowest BCUT2D eigenvalue weighted by atomic mass is 10.2. The maximum absolute atomic E-state index is 12.3. The van der Waals surface area contributed by atoms with E-state index in [1.807, 2.05) is 13.0 Å². The molecule has 0 unspecified atom stereocenters. The SMILES string of the molecule is Cc1cc(Br)cc(NS(=O)(=O)c2ccsc2CN)c1. The summed E-state index contributed by atoms with van der Waals surface area (Å²) in [5.41, 5.74) is 7.04. The predicted octanol–water partition coefficient (Wildman–Crippen LogP) is 3.08. The van der Waals surface area contributed by atoms with Crippen molar-refractivity contribution < 1.29 is 8.42 Å². The van der Waals surface area contributed by atoms with Crippen LogP contribution in [0.2, 0.25) is 0 Å². The minimum absolute atomic E-state index is 0.214. The number of hydrogen-bond acceptors (Lipinski definition) is 4. The summed E-state index contributed by atoms with van der Waals surface area (Å²) in [6, 6.07) is 6.98. The van der Waals surface area contributed by atoms with Crippen molar-refractivity contribution >= 4 is 43.0 Å². The Morgan fingerprint density at radius 3 is 2.74 bits per heavy atom. The Balaban J connectivity index is 2.36. The van der Waals surface area contributed by atoms with E-state index in [0.717, 1.165) is 10.0 Å². The fourth-order valence-electron chi connectivity index (χ4n) is 1.72. The summed E-state index contributed by atoms with van der Waals surface area (Å²) >= 11 is 4.68. The van der Waals surface area contributed by atoms with Crippen molar-refractivity contribution in [3.8, 4) is 0 Å². The lowest BCUT2D eigenvalue weighted by molar-refractivity contribution is 0.600. The molecule has 0 saturated heterocycles. The van der Waals surface area contributed by atoms with Gasteiger partial charge in [0.05, 0.1) is 5.69 Å². The quantitative estimate of drug-likeness (QED) is 0.879. The van der Waals surface area contributed by atoms with Crippen molar-refractivity contribution in [3.05, 3.63) is 44.6 Å². The number of nitrogens with two attached hydrogens (primary N) is 1. The summed E-state index contributed by atoms with van der Waals surface area (Å²) in [5, 5.41) is 1.73. The van der Waals surface area contributed by atoms with Gasteiger partial charge in [-0.15, -0.1) is 11.3 Å². The molecule has 1 aromatic carbocycles. The minimum Gasteiger partial charge on any atom is -0.326 e. The van der Waals surface area contributed by atoms with Crippen LogP contribution < -0.4 is 10.5 Å². The maximum atomic E-state index is 12.3. The minimum atomic E-state index is -3.59. The van der Waals surface area contributed by atoms with Gasteiger partial charge in [0.25, 0.3) is 10.0 Å². The van der Waals surface area contributed by atoms with Crippen molar-refractivity contribution in [2.24, 2.45) is 5.73 Å². The first-order valence-electron chi connectivity index (χ1n) is 5.49. The number of rotatable bonds is 4. The third-order valence-electron chi connectivity index (χ3n) is 2.47. The van der Waals surface area contributed by atoms with Gasteiger partial charge in [0.1, 0.15) is 4.90 Å². The van der Waals surface area contributed by atoms with Crippen LogP contribution >= 0.6 is 27.3 Å². The van der Waals surface area contributed by atoms with E-state index in [2.05, 4.69) is 20.7 Å². The van der Waals surface area contributed by atoms with E-state index < -0.39 is 10.0 Å². The molecule has 1 aromatic heterocycles. The van der Waals surface area contributed by atoms with Gasteiger partial charge >= 0.3 is 0 Å². The Labute approximate surface area is 124 Å². The third kappa shape index (κ3) is 3.36. The Morgan fingerprint density at radius 1 is 1.37 bits per heavy atom. The van der Waals surface area contributed by atoms with Gasteiger partial charge in [-0.3, -0.25) is 4.72 Å². The molecule has 0 atom stereocenters. The average molecular weight is 361 g/mol. The van der Waals surface area contributed by atoms with Crippen molar-refractivity contribution in [2.75, 3.05) is 4.72 Å². The molecule has 19 heavy (non-hydrogen) atoms. The molecular formula is C12H13BrN2O2S2. The van der Waals surface area contributed by atoms with Crippen LogP contribution in [0.5, 0.6) is 0 Å². The highest BCUT2D eigenvalue weighted by Crippen LogP contribution is 2.26. The summed E-state index contributed by atoms with van der Waals surface area (Å²) < 4.78 is 28.0. The fraction of sp³-hybridized carbons (Fsp3) is 0.167. The number of benzene rings is 1. The zero-order chi connectivity index (χ0) is 14.0. The largest absolute Gasteiger partial charge is 0.326 e. The smallest absolute Gasteiger partial charge is 0.263 e. The zero-order valence-corrected chi connectivity index (χ0v) is 13.4. The molecule has 0 aliphatic carbocycles. The van der Waals surface area contributed by atoms with Crippen molar-refractivity contribution in [2.45, 2.75) is 18.4 Å². The van der Waals surface area contributed by atoms with Crippen molar-refractivity contribution in [1.82, 2.24) is 0 Å². The monoisotopic (exact) mass is 360 g/mol. The van der Waals surface area contributed by atoms with E-state index in [9.17, 15) is 8.42 Å². The lowest BCUT2D eigenvalue weighted by Gasteiger charge is -2.09. The van der Waals surface area contributed by atoms with E-state index in [1.165, 1.54) is 11.3 Å². The maximum Gasteiger partial charge on any atom is 0.263 e. The number of sulfonamides is 1. The molecule has 0 amide bonds. The molecule has 0 spiro atoms. The first-order valence-corrected chi connectivity index (χ1v) is 8.64. The van der Waals surface area contributed by atoms with E-state index in [4.69, 9.17) is 5.73 Å². The van der Waals surface area contributed by atoms with Crippen molar-refractivity contribution in [1.29, 1.82) is 0 Å². The number of halogens is 1. The van der Waals surface area contributed by atoms with Crippen LogP contribution in [0.4, 0.5) is 5.69 Å². The van der Waals surface area contributed by atoms with Gasteiger partial charge < -0.3 is 5.73 Å². The Kier molecular flexibility index (Phi) is 4.29. The van der Waals surface area contributed by atoms with Gasteiger partial charge in [-0.2, -0.15) is 0 Å². The van der Waals surface area contributed by atoms with Gasteiger partial charge in [-0.1, -0.05) is 15.9 Å². The lowest BCUT2D eigenvalue weighted by Crippen LogP contribution is -2.14. The number of thiophene rings is 1. The van der Waals surface area contributed by atoms with Crippen LogP contribution in [0.3, 0.4) is 0 Å². The van der Waals surface area contributed by atoms with Gasteiger partial charge in [0.2, 0.25) is 0 Å². The van der Waals surface area contributed by atoms with Crippen molar-refractivity contribution in [3.63, 3.8) is 0 Å². The van der Waals surface area contributed by atoms with E-state index >= 15 is 0 Å². The summed E-state index contributed by atoms with van der Waals surface area (Å²) in [7, 11) is -3.59. The first kappa shape index (κ1) is 14.5. The number of hydrogen-bond donors (Lipinski definition) is 2. The molecule has 2 rings (SSSR count). The van der Waals surface area contributed by atoms with Gasteiger partial charge in [-0.25, -0.2) is 8.42 Å². The van der Waals surface area contributed by atoms with Crippen LogP contribution in [-0.2, 0) is 16.6 Å². The standard InChI is InChI=1S/C12H13BrN2O2S2/c1-8-4-9(13)6-10(5-8)15-19(16,17)12-2-3-18-11(12)7-14/h2-6,15H,7,14H2,1H3. The Hall–Kier alpha value is -0.890. The number of anilines is 1. The molecule has 7 heteroatoms. The molecule has 0 bridgehead atoms. The molecule has 0 radical (unpaired) electrons. The van der Waals surface area contributed by atoms with Crippen LogP contribution in [0.1, 0.15) is 10.4 Å². The zero-order valence-electron chi connectivity index (χ0n) is 10.2. The predicted molar refractivity (Wildman–Crippen MR) is 81.9 cm³/mol. The summed E-state index contributed by atoms with van der Waals surface area (Å²) in [6.07, 6.45) is 0. The van der Waals surface area contributed by atoms with Gasteiger partial charge in [0.15, 0.2) is 0 Å². The normalized spacial score (nSPS) is 11.5. The molecule has 3 N–H and O–H groups in total. The van der Waals surface area contributed by atoms with E-state index in [1.54, 1.807) is 23.6 Å². The molecule has 0 fully saturated rings. The Morgan fingerprint density at radius 2 is 2.11 bits per heavy atom.